The molecular weight excluding hydrogens is 312 g/mol. The second-order valence-electron chi connectivity index (χ2n) is 5.50. The van der Waals surface area contributed by atoms with Crippen LogP contribution >= 0.6 is 22.9 Å². The Hall–Kier alpha value is -0.760. The van der Waals surface area contributed by atoms with Crippen LogP contribution in [0.2, 0.25) is 4.47 Å². The van der Waals surface area contributed by atoms with Crippen molar-refractivity contribution < 1.29 is 9.53 Å². The van der Waals surface area contributed by atoms with Gasteiger partial charge in [0.25, 0.3) is 5.91 Å². The van der Waals surface area contributed by atoms with E-state index < -0.39 is 0 Å². The van der Waals surface area contributed by atoms with Crippen molar-refractivity contribution in [1.82, 2.24) is 20.4 Å². The minimum Gasteiger partial charge on any atom is -0.379 e. The van der Waals surface area contributed by atoms with Crippen LogP contribution < -0.4 is 5.32 Å². The van der Waals surface area contributed by atoms with E-state index in [1.54, 1.807) is 0 Å². The van der Waals surface area contributed by atoms with Gasteiger partial charge in [0.2, 0.25) is 9.47 Å². The summed E-state index contributed by atoms with van der Waals surface area (Å²) in [4.78, 5) is 14.4. The van der Waals surface area contributed by atoms with Gasteiger partial charge in [0.05, 0.1) is 13.2 Å². The zero-order valence-electron chi connectivity index (χ0n) is 12.3. The summed E-state index contributed by atoms with van der Waals surface area (Å²) in [5.41, 5.74) is 0. The van der Waals surface area contributed by atoms with Crippen LogP contribution in [0.1, 0.15) is 30.1 Å². The Kier molecular flexibility index (Phi) is 6.35. The number of nitrogens with zero attached hydrogens (tertiary/aromatic N) is 3. The number of carbonyl (C=O) groups excluding carboxylic acids is 1. The Bertz CT molecular complexity index is 463. The molecule has 1 N–H and O–H groups in total. The highest BCUT2D eigenvalue weighted by Crippen LogP contribution is 2.16. The fourth-order valence-electron chi connectivity index (χ4n) is 2.43. The van der Waals surface area contributed by atoms with Crippen LogP contribution in [0, 0.1) is 5.92 Å². The van der Waals surface area contributed by atoms with Gasteiger partial charge in [-0.2, -0.15) is 0 Å². The average Bonchev–Trinajstić information content (AvgIpc) is 2.90. The van der Waals surface area contributed by atoms with E-state index in [9.17, 15) is 4.79 Å². The van der Waals surface area contributed by atoms with Gasteiger partial charge in [-0.05, 0) is 23.9 Å². The number of rotatable bonds is 6. The maximum atomic E-state index is 12.0. The van der Waals surface area contributed by atoms with Crippen LogP contribution in [0.3, 0.4) is 0 Å². The molecule has 1 amide bonds. The second-order valence-corrected chi connectivity index (χ2v) is 7.06. The van der Waals surface area contributed by atoms with Gasteiger partial charge >= 0.3 is 0 Å². The monoisotopic (exact) mass is 332 g/mol. The van der Waals surface area contributed by atoms with Crippen molar-refractivity contribution in [2.75, 3.05) is 32.8 Å². The summed E-state index contributed by atoms with van der Waals surface area (Å²) in [6.45, 7) is 8.34. The summed E-state index contributed by atoms with van der Waals surface area (Å²) in [5.74, 6) is 0.368. The number of hydrogen-bond donors (Lipinski definition) is 1. The lowest BCUT2D eigenvalue weighted by molar-refractivity contribution is 0.0124. The highest BCUT2D eigenvalue weighted by atomic mass is 35.5. The van der Waals surface area contributed by atoms with Crippen LogP contribution in [0.5, 0.6) is 0 Å². The van der Waals surface area contributed by atoms with Crippen LogP contribution in [-0.4, -0.2) is 59.9 Å². The molecule has 2 heterocycles. The predicted molar refractivity (Wildman–Crippen MR) is 82.9 cm³/mol. The third-order valence-corrected chi connectivity index (χ3v) is 4.42. The number of amides is 1. The fraction of sp³-hybridized carbons (Fsp3) is 0.769. The third kappa shape index (κ3) is 5.18. The molecule has 0 bridgehead atoms. The molecule has 1 atom stereocenters. The summed E-state index contributed by atoms with van der Waals surface area (Å²) in [7, 11) is 0. The van der Waals surface area contributed by atoms with Crippen LogP contribution in [0.25, 0.3) is 0 Å². The lowest BCUT2D eigenvalue weighted by Crippen LogP contribution is -2.49. The van der Waals surface area contributed by atoms with E-state index in [1.165, 1.54) is 0 Å². The van der Waals surface area contributed by atoms with Gasteiger partial charge in [-0.3, -0.25) is 9.69 Å². The maximum Gasteiger partial charge on any atom is 0.282 e. The molecule has 0 radical (unpaired) electrons. The van der Waals surface area contributed by atoms with Crippen molar-refractivity contribution in [3.8, 4) is 0 Å². The Morgan fingerprint density at radius 3 is 2.71 bits per heavy atom. The van der Waals surface area contributed by atoms with Gasteiger partial charge in [-0.1, -0.05) is 25.2 Å². The van der Waals surface area contributed by atoms with Crippen molar-refractivity contribution in [2.45, 2.75) is 26.3 Å². The number of morpholine rings is 1. The summed E-state index contributed by atoms with van der Waals surface area (Å²) < 4.78 is 5.68. The zero-order valence-corrected chi connectivity index (χ0v) is 13.9. The van der Waals surface area contributed by atoms with Crippen LogP contribution in [-0.2, 0) is 4.74 Å². The number of ether oxygens (including phenoxy) is 1. The molecule has 2 rings (SSSR count). The standard InChI is InChI=1S/C13H21ClN4O2S/c1-9(2)7-10(18-3-5-20-6-4-18)8-15-11(19)12-16-17-13(14)21-12/h9-10H,3-8H2,1-2H3,(H,15,19). The number of aromatic nitrogens is 2. The number of nitrogens with one attached hydrogen (secondary N) is 1. The zero-order chi connectivity index (χ0) is 15.2. The van der Waals surface area contributed by atoms with Crippen molar-refractivity contribution in [1.29, 1.82) is 0 Å². The molecule has 1 aliphatic rings. The first-order valence-corrected chi connectivity index (χ1v) is 8.34. The molecule has 1 saturated heterocycles. The topological polar surface area (TPSA) is 67.4 Å². The molecule has 1 aromatic heterocycles. The highest BCUT2D eigenvalue weighted by Gasteiger charge is 2.23. The van der Waals surface area contributed by atoms with Gasteiger partial charge in [0.15, 0.2) is 0 Å². The summed E-state index contributed by atoms with van der Waals surface area (Å²) in [5, 5.41) is 10.7. The largest absolute Gasteiger partial charge is 0.379 e. The summed E-state index contributed by atoms with van der Waals surface area (Å²) >= 11 is 6.80. The van der Waals surface area contributed by atoms with Gasteiger partial charge < -0.3 is 10.1 Å². The normalized spacial score (nSPS) is 17.9. The van der Waals surface area contributed by atoms with E-state index in [0.717, 1.165) is 44.1 Å². The quantitative estimate of drug-likeness (QED) is 0.858. The van der Waals surface area contributed by atoms with Gasteiger partial charge in [0, 0.05) is 25.7 Å². The van der Waals surface area contributed by atoms with E-state index >= 15 is 0 Å². The number of halogens is 1. The molecule has 0 aromatic carbocycles. The average molecular weight is 333 g/mol. The summed E-state index contributed by atoms with van der Waals surface area (Å²) in [6.07, 6.45) is 1.04. The Morgan fingerprint density at radius 1 is 1.43 bits per heavy atom. The molecular formula is C13H21ClN4O2S. The van der Waals surface area contributed by atoms with Gasteiger partial charge in [-0.25, -0.2) is 0 Å². The first-order chi connectivity index (χ1) is 10.1. The smallest absolute Gasteiger partial charge is 0.282 e. The highest BCUT2D eigenvalue weighted by molar-refractivity contribution is 7.17. The molecule has 1 unspecified atom stereocenters. The van der Waals surface area contributed by atoms with Crippen molar-refractivity contribution in [3.63, 3.8) is 0 Å². The molecule has 1 aromatic rings. The second kappa shape index (κ2) is 8.03. The first kappa shape index (κ1) is 16.6. The summed E-state index contributed by atoms with van der Waals surface area (Å²) in [6, 6.07) is 0.321. The molecule has 1 fully saturated rings. The fourth-order valence-corrected chi connectivity index (χ4v) is 3.18. The molecule has 118 valence electrons. The maximum absolute atomic E-state index is 12.0. The van der Waals surface area contributed by atoms with Crippen LogP contribution in [0.4, 0.5) is 0 Å². The minimum absolute atomic E-state index is 0.207. The molecule has 21 heavy (non-hydrogen) atoms. The van der Waals surface area contributed by atoms with E-state index in [2.05, 4.69) is 34.3 Å². The van der Waals surface area contributed by atoms with Crippen molar-refractivity contribution >= 4 is 28.8 Å². The third-order valence-electron chi connectivity index (χ3n) is 3.40. The molecule has 6 nitrogen and oxygen atoms in total. The number of hydrogen-bond acceptors (Lipinski definition) is 6. The Labute approximate surface area is 133 Å². The van der Waals surface area contributed by atoms with Crippen LogP contribution in [0.15, 0.2) is 0 Å². The molecule has 0 saturated carbocycles. The molecule has 0 spiro atoms. The molecule has 8 heteroatoms. The van der Waals surface area contributed by atoms with E-state index in [1.807, 2.05) is 0 Å². The molecule has 0 aliphatic carbocycles. The lowest BCUT2D eigenvalue weighted by Gasteiger charge is -2.35. The first-order valence-electron chi connectivity index (χ1n) is 7.15. The molecule has 1 aliphatic heterocycles. The van der Waals surface area contributed by atoms with Gasteiger partial charge in [0.1, 0.15) is 0 Å². The van der Waals surface area contributed by atoms with E-state index in [-0.39, 0.29) is 10.4 Å². The van der Waals surface area contributed by atoms with Crippen molar-refractivity contribution in [3.05, 3.63) is 9.47 Å². The predicted octanol–water partition coefficient (Wildman–Crippen LogP) is 1.67. The van der Waals surface area contributed by atoms with Crippen molar-refractivity contribution in [2.24, 2.45) is 5.92 Å². The van der Waals surface area contributed by atoms with E-state index in [4.69, 9.17) is 16.3 Å². The SMILES string of the molecule is CC(C)CC(CNC(=O)c1nnc(Cl)s1)N1CCOCC1. The Balaban J connectivity index is 1.90. The lowest BCUT2D eigenvalue weighted by atomic mass is 10.0. The van der Waals surface area contributed by atoms with Gasteiger partial charge in [-0.15, -0.1) is 10.2 Å². The number of carbonyl (C=O) groups is 1. The van der Waals surface area contributed by atoms with E-state index in [0.29, 0.717) is 23.5 Å². The minimum atomic E-state index is -0.207. The Morgan fingerprint density at radius 2 is 2.14 bits per heavy atom.